The van der Waals surface area contributed by atoms with Crippen LogP contribution in [-0.4, -0.2) is 11.0 Å². The van der Waals surface area contributed by atoms with Crippen LogP contribution in [0.15, 0.2) is 36.5 Å². The molecule has 0 amide bonds. The second-order valence-corrected chi connectivity index (χ2v) is 4.23. The number of ether oxygens (including phenoxy) is 1. The molecule has 5 nitrogen and oxygen atoms in total. The highest BCUT2D eigenvalue weighted by Gasteiger charge is 2.10. The summed E-state index contributed by atoms with van der Waals surface area (Å²) in [7, 11) is 0. The third-order valence-electron chi connectivity index (χ3n) is 2.67. The highest BCUT2D eigenvalue weighted by Crippen LogP contribution is 2.15. The summed E-state index contributed by atoms with van der Waals surface area (Å²) in [5.41, 5.74) is 14.2. The lowest BCUT2D eigenvalue weighted by molar-refractivity contribution is 0.0467. The van der Waals surface area contributed by atoms with Crippen molar-refractivity contribution in [3.63, 3.8) is 0 Å². The molecule has 1 aromatic carbocycles. The highest BCUT2D eigenvalue weighted by atomic mass is 16.5. The molecule has 0 aliphatic carbocycles. The van der Waals surface area contributed by atoms with Crippen LogP contribution in [0.4, 0.5) is 11.4 Å². The zero-order valence-electron chi connectivity index (χ0n) is 10.6. The molecule has 2 aromatic rings. The first-order valence-electron chi connectivity index (χ1n) is 5.80. The normalized spacial score (nSPS) is 10.2. The first kappa shape index (κ1) is 12.9. The standard InChI is InChI=1S/C14H15N3O2/c1-9-3-2-4-17-13(9)8-19-14(18)10-5-11(15)7-12(16)6-10/h2-7H,8,15-16H2,1H3. The number of hydrogen-bond donors (Lipinski definition) is 2. The van der Waals surface area contributed by atoms with Gasteiger partial charge in [-0.15, -0.1) is 0 Å². The Morgan fingerprint density at radius 1 is 1.26 bits per heavy atom. The van der Waals surface area contributed by atoms with Crippen LogP contribution in [0, 0.1) is 6.92 Å². The van der Waals surface area contributed by atoms with Crippen molar-refractivity contribution in [2.45, 2.75) is 13.5 Å². The van der Waals surface area contributed by atoms with Gasteiger partial charge in [-0.1, -0.05) is 6.07 Å². The number of pyridine rings is 1. The van der Waals surface area contributed by atoms with Gasteiger partial charge in [0, 0.05) is 17.6 Å². The molecule has 0 radical (unpaired) electrons. The molecule has 1 heterocycles. The van der Waals surface area contributed by atoms with Gasteiger partial charge in [-0.25, -0.2) is 4.79 Å². The Hall–Kier alpha value is -2.56. The molecule has 1 aromatic heterocycles. The van der Waals surface area contributed by atoms with E-state index in [0.29, 0.717) is 16.9 Å². The number of carbonyl (C=O) groups excluding carboxylic acids is 1. The van der Waals surface area contributed by atoms with Crippen molar-refractivity contribution in [1.29, 1.82) is 0 Å². The van der Waals surface area contributed by atoms with E-state index in [1.54, 1.807) is 12.3 Å². The number of benzene rings is 1. The Kier molecular flexibility index (Phi) is 3.66. The molecule has 4 N–H and O–H groups in total. The molecule has 19 heavy (non-hydrogen) atoms. The number of nitrogen functional groups attached to an aromatic ring is 2. The highest BCUT2D eigenvalue weighted by molar-refractivity contribution is 5.91. The monoisotopic (exact) mass is 257 g/mol. The van der Waals surface area contributed by atoms with Gasteiger partial charge in [-0.05, 0) is 36.8 Å². The number of esters is 1. The lowest BCUT2D eigenvalue weighted by Gasteiger charge is -2.07. The molecule has 2 rings (SSSR count). The first-order valence-corrected chi connectivity index (χ1v) is 5.80. The van der Waals surface area contributed by atoms with Gasteiger partial charge in [-0.3, -0.25) is 4.98 Å². The van der Waals surface area contributed by atoms with Crippen LogP contribution >= 0.6 is 0 Å². The number of rotatable bonds is 3. The fourth-order valence-electron chi connectivity index (χ4n) is 1.68. The summed E-state index contributed by atoms with van der Waals surface area (Å²) in [4.78, 5) is 16.0. The van der Waals surface area contributed by atoms with Crippen LogP contribution in [0.25, 0.3) is 0 Å². The van der Waals surface area contributed by atoms with E-state index in [0.717, 1.165) is 11.3 Å². The van der Waals surface area contributed by atoms with Crippen LogP contribution in [0.2, 0.25) is 0 Å². The van der Waals surface area contributed by atoms with Crippen molar-refractivity contribution in [1.82, 2.24) is 4.98 Å². The van der Waals surface area contributed by atoms with E-state index < -0.39 is 5.97 Å². The van der Waals surface area contributed by atoms with Crippen molar-refractivity contribution in [2.75, 3.05) is 11.5 Å². The summed E-state index contributed by atoms with van der Waals surface area (Å²) in [6.45, 7) is 2.04. The fourth-order valence-corrected chi connectivity index (χ4v) is 1.68. The summed E-state index contributed by atoms with van der Waals surface area (Å²) in [6.07, 6.45) is 1.66. The van der Waals surface area contributed by atoms with Crippen molar-refractivity contribution >= 4 is 17.3 Å². The lowest BCUT2D eigenvalue weighted by atomic mass is 10.2. The van der Waals surface area contributed by atoms with E-state index in [-0.39, 0.29) is 6.61 Å². The van der Waals surface area contributed by atoms with E-state index in [9.17, 15) is 4.79 Å². The summed E-state index contributed by atoms with van der Waals surface area (Å²) in [6, 6.07) is 8.39. The molecule has 5 heteroatoms. The predicted octanol–water partition coefficient (Wildman–Crippen LogP) is 1.91. The van der Waals surface area contributed by atoms with Crippen LogP contribution in [-0.2, 0) is 11.3 Å². The molecule has 0 aliphatic rings. The van der Waals surface area contributed by atoms with Crippen LogP contribution in [0.5, 0.6) is 0 Å². The minimum Gasteiger partial charge on any atom is -0.456 e. The van der Waals surface area contributed by atoms with Gasteiger partial charge in [0.25, 0.3) is 0 Å². The second kappa shape index (κ2) is 5.39. The molecule has 0 atom stereocenters. The number of aromatic nitrogens is 1. The minimum absolute atomic E-state index is 0.125. The average Bonchev–Trinajstić information content (AvgIpc) is 2.36. The van der Waals surface area contributed by atoms with Crippen LogP contribution in [0.3, 0.4) is 0 Å². The smallest absolute Gasteiger partial charge is 0.338 e. The van der Waals surface area contributed by atoms with Crippen LogP contribution < -0.4 is 11.5 Å². The molecular formula is C14H15N3O2. The number of anilines is 2. The van der Waals surface area contributed by atoms with Crippen molar-refractivity contribution in [3.8, 4) is 0 Å². The molecule has 0 aliphatic heterocycles. The summed E-state index contributed by atoms with van der Waals surface area (Å²) in [5.74, 6) is -0.468. The Morgan fingerprint density at radius 3 is 2.58 bits per heavy atom. The third-order valence-corrected chi connectivity index (χ3v) is 2.67. The van der Waals surface area contributed by atoms with Gasteiger partial charge in [0.2, 0.25) is 0 Å². The predicted molar refractivity (Wildman–Crippen MR) is 73.4 cm³/mol. The van der Waals surface area contributed by atoms with Gasteiger partial charge in [-0.2, -0.15) is 0 Å². The molecule has 0 bridgehead atoms. The van der Waals surface area contributed by atoms with E-state index in [1.165, 1.54) is 12.1 Å². The van der Waals surface area contributed by atoms with E-state index in [4.69, 9.17) is 16.2 Å². The van der Waals surface area contributed by atoms with Gasteiger partial charge >= 0.3 is 5.97 Å². The van der Waals surface area contributed by atoms with Crippen molar-refractivity contribution in [2.24, 2.45) is 0 Å². The zero-order chi connectivity index (χ0) is 13.8. The van der Waals surface area contributed by atoms with Crippen molar-refractivity contribution in [3.05, 3.63) is 53.3 Å². The number of nitrogens with zero attached hydrogens (tertiary/aromatic N) is 1. The number of hydrogen-bond acceptors (Lipinski definition) is 5. The molecule has 0 unspecified atom stereocenters. The van der Waals surface area contributed by atoms with Gasteiger partial charge < -0.3 is 16.2 Å². The van der Waals surface area contributed by atoms with E-state index >= 15 is 0 Å². The Labute approximate surface area is 111 Å². The number of aryl methyl sites for hydroxylation is 1. The quantitative estimate of drug-likeness (QED) is 0.647. The zero-order valence-corrected chi connectivity index (χ0v) is 10.6. The Morgan fingerprint density at radius 2 is 1.95 bits per heavy atom. The van der Waals surface area contributed by atoms with Crippen LogP contribution in [0.1, 0.15) is 21.6 Å². The van der Waals surface area contributed by atoms with Gasteiger partial charge in [0.1, 0.15) is 6.61 Å². The van der Waals surface area contributed by atoms with Crippen molar-refractivity contribution < 1.29 is 9.53 Å². The minimum atomic E-state index is -0.468. The molecular weight excluding hydrogens is 242 g/mol. The number of carbonyl (C=O) groups is 1. The summed E-state index contributed by atoms with van der Waals surface area (Å²) in [5, 5.41) is 0. The Balaban J connectivity index is 2.08. The first-order chi connectivity index (χ1) is 9.06. The SMILES string of the molecule is Cc1cccnc1COC(=O)c1cc(N)cc(N)c1. The Bertz CT molecular complexity index is 591. The molecule has 98 valence electrons. The largest absolute Gasteiger partial charge is 0.456 e. The lowest BCUT2D eigenvalue weighted by Crippen LogP contribution is -2.08. The summed E-state index contributed by atoms with van der Waals surface area (Å²) < 4.78 is 5.19. The van der Waals surface area contributed by atoms with Gasteiger partial charge in [0.05, 0.1) is 11.3 Å². The number of nitrogens with two attached hydrogens (primary N) is 2. The van der Waals surface area contributed by atoms with Gasteiger partial charge in [0.15, 0.2) is 0 Å². The molecule has 0 spiro atoms. The molecule has 0 saturated heterocycles. The molecule has 0 fully saturated rings. The van der Waals surface area contributed by atoms with E-state index in [2.05, 4.69) is 4.98 Å². The average molecular weight is 257 g/mol. The third kappa shape index (κ3) is 3.22. The maximum atomic E-state index is 11.9. The maximum Gasteiger partial charge on any atom is 0.338 e. The molecule has 0 saturated carbocycles. The summed E-state index contributed by atoms with van der Waals surface area (Å²) >= 11 is 0. The van der Waals surface area contributed by atoms with E-state index in [1.807, 2.05) is 19.1 Å². The second-order valence-electron chi connectivity index (χ2n) is 4.23. The fraction of sp³-hybridized carbons (Fsp3) is 0.143. The maximum absolute atomic E-state index is 11.9. The topological polar surface area (TPSA) is 91.2 Å².